The molecule has 0 saturated carbocycles. The predicted molar refractivity (Wildman–Crippen MR) is 109 cm³/mol. The Morgan fingerprint density at radius 1 is 1.18 bits per heavy atom. The first-order valence-electron chi connectivity index (χ1n) is 9.24. The van der Waals surface area contributed by atoms with Crippen LogP contribution in [0, 0.1) is 0 Å². The second kappa shape index (κ2) is 7.20. The molecule has 1 N–H and O–H groups in total. The number of esters is 1. The van der Waals surface area contributed by atoms with Gasteiger partial charge in [-0.3, -0.25) is 4.90 Å². The van der Waals surface area contributed by atoms with Crippen LogP contribution in [0.25, 0.3) is 0 Å². The number of aliphatic hydroxyl groups is 1. The number of hydrogen-bond acceptors (Lipinski definition) is 4. The summed E-state index contributed by atoms with van der Waals surface area (Å²) in [7, 11) is 1.95. The van der Waals surface area contributed by atoms with E-state index in [4.69, 9.17) is 27.9 Å². The highest BCUT2D eigenvalue weighted by Crippen LogP contribution is 2.42. The molecule has 2 heterocycles. The summed E-state index contributed by atoms with van der Waals surface area (Å²) in [6.45, 7) is 0. The van der Waals surface area contributed by atoms with Crippen molar-refractivity contribution in [3.05, 3.63) is 81.9 Å². The lowest BCUT2D eigenvalue weighted by Crippen LogP contribution is -2.52. The molecule has 2 bridgehead atoms. The third-order valence-electron chi connectivity index (χ3n) is 5.82. The maximum Gasteiger partial charge on any atom is 0.349 e. The van der Waals surface area contributed by atoms with Gasteiger partial charge < -0.3 is 9.84 Å². The van der Waals surface area contributed by atoms with Crippen molar-refractivity contribution in [2.45, 2.75) is 36.6 Å². The zero-order valence-electron chi connectivity index (χ0n) is 15.4. The molecule has 2 atom stereocenters. The fraction of sp³-hybridized carbons (Fsp3) is 0.318. The summed E-state index contributed by atoms with van der Waals surface area (Å²) >= 11 is 12.3. The quantitative estimate of drug-likeness (QED) is 0.586. The van der Waals surface area contributed by atoms with Crippen LogP contribution in [0.4, 0.5) is 0 Å². The molecule has 4 rings (SSSR count). The van der Waals surface area contributed by atoms with Gasteiger partial charge in [0.25, 0.3) is 0 Å². The molecule has 0 amide bonds. The summed E-state index contributed by atoms with van der Waals surface area (Å²) in [6.07, 6.45) is 6.53. The zero-order chi connectivity index (χ0) is 19.9. The normalized spacial score (nSPS) is 24.4. The Kier molecular flexibility index (Phi) is 5.00. The number of likely N-dealkylation sites (N-methyl/N-ethyl adjacent to an activating group) is 1. The SMILES string of the molecule is CN1[C@@H]2CC=C[C@@]1(OC(=O)C(O)(c1cccc(Cl)c1)c1cccc(Cl)c1)CC2. The third kappa shape index (κ3) is 3.15. The Hall–Kier alpha value is -1.85. The molecule has 0 aliphatic carbocycles. The number of ether oxygens (including phenoxy) is 1. The van der Waals surface area contributed by atoms with E-state index in [2.05, 4.69) is 4.90 Å². The Bertz CT molecular complexity index is 899. The van der Waals surface area contributed by atoms with Gasteiger partial charge in [0.05, 0.1) is 0 Å². The van der Waals surface area contributed by atoms with Gasteiger partial charge in [0.15, 0.2) is 5.72 Å². The van der Waals surface area contributed by atoms with Crippen LogP contribution in [-0.2, 0) is 15.1 Å². The standard InChI is InChI=1S/C22H21Cl2NO3/c1-25-19-9-4-11-21(25,12-10-19)28-20(26)22(27,15-5-2-7-17(23)13-15)16-6-3-8-18(24)14-16/h2-8,11,13-14,19,27H,9-10,12H2,1H3/t19-,21-/m1/s1. The Labute approximate surface area is 174 Å². The first kappa shape index (κ1) is 19.5. The average molecular weight is 418 g/mol. The summed E-state index contributed by atoms with van der Waals surface area (Å²) in [6, 6.07) is 13.5. The van der Waals surface area contributed by atoms with E-state index in [9.17, 15) is 9.90 Å². The molecular weight excluding hydrogens is 397 g/mol. The topological polar surface area (TPSA) is 49.8 Å². The maximum atomic E-state index is 13.5. The second-order valence-electron chi connectivity index (χ2n) is 7.41. The molecule has 2 aromatic rings. The molecule has 1 saturated heterocycles. The number of fused-ring (bicyclic) bond motifs is 2. The molecule has 2 aliphatic rings. The summed E-state index contributed by atoms with van der Waals surface area (Å²) < 4.78 is 6.00. The van der Waals surface area contributed by atoms with Gasteiger partial charge in [-0.05, 0) is 50.2 Å². The minimum atomic E-state index is -2.03. The van der Waals surface area contributed by atoms with Gasteiger partial charge in [-0.1, -0.05) is 53.5 Å². The summed E-state index contributed by atoms with van der Waals surface area (Å²) in [5.41, 5.74) is -2.21. The van der Waals surface area contributed by atoms with Gasteiger partial charge in [-0.2, -0.15) is 0 Å². The van der Waals surface area contributed by atoms with E-state index >= 15 is 0 Å². The molecular formula is C22H21Cl2NO3. The van der Waals surface area contributed by atoms with Crippen LogP contribution in [0.15, 0.2) is 60.7 Å². The molecule has 28 heavy (non-hydrogen) atoms. The molecule has 2 aromatic carbocycles. The van der Waals surface area contributed by atoms with Crippen molar-refractivity contribution in [3.8, 4) is 0 Å². The van der Waals surface area contributed by atoms with Gasteiger partial charge in [0.1, 0.15) is 0 Å². The Balaban J connectivity index is 1.79. The summed E-state index contributed by atoms with van der Waals surface area (Å²) in [5.74, 6) is -0.754. The van der Waals surface area contributed by atoms with E-state index in [0.717, 1.165) is 12.8 Å². The number of nitrogens with zero attached hydrogens (tertiary/aromatic N) is 1. The van der Waals surface area contributed by atoms with Crippen LogP contribution in [0.2, 0.25) is 10.0 Å². The number of halogens is 2. The number of carbonyl (C=O) groups is 1. The van der Waals surface area contributed by atoms with Crippen LogP contribution in [-0.4, -0.2) is 34.8 Å². The molecule has 2 aliphatic heterocycles. The molecule has 146 valence electrons. The van der Waals surface area contributed by atoms with Crippen molar-refractivity contribution in [1.82, 2.24) is 4.90 Å². The van der Waals surface area contributed by atoms with Gasteiger partial charge in [0, 0.05) is 33.6 Å². The molecule has 0 radical (unpaired) electrons. The van der Waals surface area contributed by atoms with Gasteiger partial charge in [0.2, 0.25) is 5.60 Å². The molecule has 0 aromatic heterocycles. The van der Waals surface area contributed by atoms with Crippen molar-refractivity contribution < 1.29 is 14.6 Å². The van der Waals surface area contributed by atoms with Crippen molar-refractivity contribution >= 4 is 29.2 Å². The van der Waals surface area contributed by atoms with Gasteiger partial charge in [-0.25, -0.2) is 4.79 Å². The van der Waals surface area contributed by atoms with E-state index in [0.29, 0.717) is 33.6 Å². The first-order chi connectivity index (χ1) is 13.3. The smallest absolute Gasteiger partial charge is 0.349 e. The summed E-state index contributed by atoms with van der Waals surface area (Å²) in [5, 5.41) is 12.5. The molecule has 1 fully saturated rings. The van der Waals surface area contributed by atoms with Crippen molar-refractivity contribution in [2.24, 2.45) is 0 Å². The van der Waals surface area contributed by atoms with E-state index in [1.165, 1.54) is 0 Å². The second-order valence-corrected chi connectivity index (χ2v) is 8.28. The van der Waals surface area contributed by atoms with Crippen molar-refractivity contribution in [2.75, 3.05) is 7.05 Å². The monoisotopic (exact) mass is 417 g/mol. The molecule has 6 heteroatoms. The Morgan fingerprint density at radius 2 is 1.79 bits per heavy atom. The van der Waals surface area contributed by atoms with E-state index in [1.807, 2.05) is 19.2 Å². The van der Waals surface area contributed by atoms with Crippen LogP contribution >= 0.6 is 23.2 Å². The highest BCUT2D eigenvalue weighted by Gasteiger charge is 2.51. The Morgan fingerprint density at radius 3 is 2.36 bits per heavy atom. The first-order valence-corrected chi connectivity index (χ1v) is 9.99. The number of carbonyl (C=O) groups excluding carboxylic acids is 1. The van der Waals surface area contributed by atoms with Crippen LogP contribution in [0.1, 0.15) is 30.4 Å². The van der Waals surface area contributed by atoms with E-state index < -0.39 is 17.3 Å². The van der Waals surface area contributed by atoms with Crippen LogP contribution in [0.3, 0.4) is 0 Å². The zero-order valence-corrected chi connectivity index (χ0v) is 17.0. The lowest BCUT2D eigenvalue weighted by Gasteiger charge is -2.40. The maximum absolute atomic E-state index is 13.5. The van der Waals surface area contributed by atoms with Crippen LogP contribution in [0.5, 0.6) is 0 Å². The number of hydrogen-bond donors (Lipinski definition) is 1. The highest BCUT2D eigenvalue weighted by atomic mass is 35.5. The largest absolute Gasteiger partial charge is 0.437 e. The highest BCUT2D eigenvalue weighted by molar-refractivity contribution is 6.31. The van der Waals surface area contributed by atoms with E-state index in [-0.39, 0.29) is 0 Å². The lowest BCUT2D eigenvalue weighted by molar-refractivity contribution is -0.187. The molecule has 0 unspecified atom stereocenters. The summed E-state index contributed by atoms with van der Waals surface area (Å²) in [4.78, 5) is 15.5. The van der Waals surface area contributed by atoms with Gasteiger partial charge >= 0.3 is 5.97 Å². The third-order valence-corrected chi connectivity index (χ3v) is 6.29. The minimum absolute atomic E-state index is 0.334. The van der Waals surface area contributed by atoms with Crippen molar-refractivity contribution in [1.29, 1.82) is 0 Å². The number of rotatable bonds is 4. The fourth-order valence-corrected chi connectivity index (χ4v) is 4.54. The van der Waals surface area contributed by atoms with E-state index in [1.54, 1.807) is 48.5 Å². The average Bonchev–Trinajstić information content (AvgIpc) is 2.84. The number of benzene rings is 2. The molecule has 0 spiro atoms. The fourth-order valence-electron chi connectivity index (χ4n) is 4.16. The molecule has 4 nitrogen and oxygen atoms in total. The predicted octanol–water partition coefficient (Wildman–Crippen LogP) is 4.52. The van der Waals surface area contributed by atoms with Gasteiger partial charge in [-0.15, -0.1) is 0 Å². The van der Waals surface area contributed by atoms with Crippen molar-refractivity contribution in [3.63, 3.8) is 0 Å². The van der Waals surface area contributed by atoms with Crippen LogP contribution < -0.4 is 0 Å². The lowest BCUT2D eigenvalue weighted by atomic mass is 9.86. The minimum Gasteiger partial charge on any atom is -0.437 e.